The highest BCUT2D eigenvalue weighted by Crippen LogP contribution is 2.38. The van der Waals surface area contributed by atoms with Crippen molar-refractivity contribution in [3.8, 4) is 5.75 Å². The van der Waals surface area contributed by atoms with Crippen LogP contribution in [0.1, 0.15) is 33.3 Å². The van der Waals surface area contributed by atoms with E-state index >= 15 is 0 Å². The molecule has 0 saturated carbocycles. The van der Waals surface area contributed by atoms with Crippen molar-refractivity contribution >= 4 is 19.2 Å². The summed E-state index contributed by atoms with van der Waals surface area (Å²) < 4.78 is 21.8. The Hall–Kier alpha value is -1.83. The minimum Gasteiger partial charge on any atom is -0.482 e. The van der Waals surface area contributed by atoms with Gasteiger partial charge < -0.3 is 23.9 Å². The lowest BCUT2D eigenvalue weighted by atomic mass is 9.77. The van der Waals surface area contributed by atoms with Gasteiger partial charge in [0.15, 0.2) is 6.61 Å². The van der Waals surface area contributed by atoms with E-state index in [4.69, 9.17) is 14.0 Å². The van der Waals surface area contributed by atoms with Crippen molar-refractivity contribution in [3.63, 3.8) is 0 Å². The average molecular weight is 348 g/mol. The molecule has 0 amide bonds. The SMILES string of the molecule is COC(=O)COc1ccc(C=C(CO)B2OC(C)(C)C(C)(C)O2)cc1. The quantitative estimate of drug-likeness (QED) is 0.628. The zero-order valence-corrected chi connectivity index (χ0v) is 15.4. The number of aliphatic hydroxyl groups is 1. The molecule has 1 heterocycles. The van der Waals surface area contributed by atoms with E-state index in [2.05, 4.69) is 4.74 Å². The van der Waals surface area contributed by atoms with Gasteiger partial charge in [0.1, 0.15) is 5.75 Å². The lowest BCUT2D eigenvalue weighted by molar-refractivity contribution is -0.142. The van der Waals surface area contributed by atoms with E-state index in [0.29, 0.717) is 11.2 Å². The Morgan fingerprint density at radius 1 is 1.16 bits per heavy atom. The van der Waals surface area contributed by atoms with Gasteiger partial charge in [-0.3, -0.25) is 0 Å². The van der Waals surface area contributed by atoms with Crippen molar-refractivity contribution in [3.05, 3.63) is 35.3 Å². The second kappa shape index (κ2) is 7.60. The molecule has 1 saturated heterocycles. The minimum absolute atomic E-state index is 0.137. The van der Waals surface area contributed by atoms with Gasteiger partial charge in [0.25, 0.3) is 0 Å². The third-order valence-electron chi connectivity index (χ3n) is 4.56. The predicted molar refractivity (Wildman–Crippen MR) is 95.1 cm³/mol. The molecule has 0 aromatic heterocycles. The van der Waals surface area contributed by atoms with E-state index in [9.17, 15) is 9.90 Å². The minimum atomic E-state index is -0.592. The first-order valence-corrected chi connectivity index (χ1v) is 8.15. The molecule has 0 aliphatic carbocycles. The molecular formula is C18H25BO6. The number of carbonyl (C=O) groups is 1. The number of esters is 1. The summed E-state index contributed by atoms with van der Waals surface area (Å²) in [4.78, 5) is 11.1. The molecule has 0 bridgehead atoms. The zero-order valence-electron chi connectivity index (χ0n) is 15.4. The number of ether oxygens (including phenoxy) is 2. The molecule has 1 N–H and O–H groups in total. The van der Waals surface area contributed by atoms with Gasteiger partial charge in [0.2, 0.25) is 0 Å². The molecule has 1 aromatic rings. The van der Waals surface area contributed by atoms with Gasteiger partial charge in [-0.05, 0) is 50.9 Å². The number of carbonyl (C=O) groups excluding carboxylic acids is 1. The summed E-state index contributed by atoms with van der Waals surface area (Å²) in [5.74, 6) is 0.121. The highest BCUT2D eigenvalue weighted by Gasteiger charge is 2.52. The van der Waals surface area contributed by atoms with E-state index < -0.39 is 24.3 Å². The molecule has 136 valence electrons. The summed E-state index contributed by atoms with van der Waals surface area (Å²) in [5, 5.41) is 9.71. The Kier molecular flexibility index (Phi) is 5.93. The van der Waals surface area contributed by atoms with E-state index in [1.165, 1.54) is 7.11 Å². The first kappa shape index (κ1) is 19.5. The molecule has 25 heavy (non-hydrogen) atoms. The summed E-state index contributed by atoms with van der Waals surface area (Å²) in [5.41, 5.74) is 0.584. The van der Waals surface area contributed by atoms with Crippen LogP contribution >= 0.6 is 0 Å². The monoisotopic (exact) mass is 348 g/mol. The van der Waals surface area contributed by atoms with Gasteiger partial charge in [0, 0.05) is 0 Å². The molecule has 0 atom stereocenters. The Balaban J connectivity index is 2.08. The van der Waals surface area contributed by atoms with Crippen LogP contribution in [0.15, 0.2) is 29.7 Å². The summed E-state index contributed by atoms with van der Waals surface area (Å²) in [6, 6.07) is 7.14. The Bertz CT molecular complexity index is 619. The molecule has 0 spiro atoms. The van der Waals surface area contributed by atoms with Crippen molar-refractivity contribution < 1.29 is 28.7 Å². The first-order valence-electron chi connectivity index (χ1n) is 8.15. The highest BCUT2D eigenvalue weighted by atomic mass is 16.7. The van der Waals surface area contributed by atoms with E-state index in [0.717, 1.165) is 5.56 Å². The first-order chi connectivity index (χ1) is 11.7. The zero-order chi connectivity index (χ0) is 18.7. The maximum absolute atomic E-state index is 11.1. The standard InChI is InChI=1S/C18H25BO6/c1-17(2)18(3,4)25-19(24-17)14(11-20)10-13-6-8-15(9-7-13)23-12-16(21)22-5/h6-10,20H,11-12H2,1-5H3. The maximum atomic E-state index is 11.1. The Morgan fingerprint density at radius 3 is 2.20 bits per heavy atom. The molecule has 1 aromatic carbocycles. The molecule has 0 radical (unpaired) electrons. The highest BCUT2D eigenvalue weighted by molar-refractivity contribution is 6.55. The summed E-state index contributed by atoms with van der Waals surface area (Å²) in [6.07, 6.45) is 1.83. The van der Waals surface area contributed by atoms with Crippen molar-refractivity contribution in [2.75, 3.05) is 20.3 Å². The van der Waals surface area contributed by atoms with Gasteiger partial charge in [-0.15, -0.1) is 0 Å². The fourth-order valence-electron chi connectivity index (χ4n) is 2.26. The fourth-order valence-corrected chi connectivity index (χ4v) is 2.26. The predicted octanol–water partition coefficient (Wildman–Crippen LogP) is 2.25. The van der Waals surface area contributed by atoms with Crippen LogP contribution in [0.3, 0.4) is 0 Å². The lowest BCUT2D eigenvalue weighted by Crippen LogP contribution is -2.41. The van der Waals surface area contributed by atoms with Gasteiger partial charge >= 0.3 is 13.1 Å². The van der Waals surface area contributed by atoms with Crippen LogP contribution in [0.4, 0.5) is 0 Å². The Morgan fingerprint density at radius 2 is 1.72 bits per heavy atom. The average Bonchev–Trinajstić information content (AvgIpc) is 2.79. The van der Waals surface area contributed by atoms with Crippen LogP contribution in [-0.2, 0) is 18.8 Å². The van der Waals surface area contributed by atoms with Crippen molar-refractivity contribution in [2.24, 2.45) is 0 Å². The smallest absolute Gasteiger partial charge is 0.482 e. The van der Waals surface area contributed by atoms with Crippen molar-refractivity contribution in [1.29, 1.82) is 0 Å². The third-order valence-corrected chi connectivity index (χ3v) is 4.56. The van der Waals surface area contributed by atoms with Gasteiger partial charge in [-0.25, -0.2) is 4.79 Å². The van der Waals surface area contributed by atoms with Crippen LogP contribution in [-0.4, -0.2) is 49.7 Å². The molecule has 2 rings (SSSR count). The molecule has 7 heteroatoms. The molecule has 1 aliphatic heterocycles. The van der Waals surface area contributed by atoms with Crippen LogP contribution in [0.2, 0.25) is 0 Å². The summed E-state index contributed by atoms with van der Waals surface area (Å²) >= 11 is 0. The second-order valence-electron chi connectivity index (χ2n) is 6.90. The number of rotatable bonds is 6. The molecule has 6 nitrogen and oxygen atoms in total. The number of hydrogen-bond acceptors (Lipinski definition) is 6. The molecular weight excluding hydrogens is 323 g/mol. The van der Waals surface area contributed by atoms with Crippen molar-refractivity contribution in [2.45, 2.75) is 38.9 Å². The van der Waals surface area contributed by atoms with Crippen LogP contribution in [0.25, 0.3) is 6.08 Å². The number of benzene rings is 1. The number of hydrogen-bond donors (Lipinski definition) is 1. The van der Waals surface area contributed by atoms with Crippen LogP contribution in [0.5, 0.6) is 5.75 Å². The maximum Gasteiger partial charge on any atom is 0.492 e. The molecule has 1 aliphatic rings. The number of aliphatic hydroxyl groups excluding tert-OH is 1. The van der Waals surface area contributed by atoms with E-state index in [1.807, 2.05) is 45.9 Å². The molecule has 0 unspecified atom stereocenters. The normalized spacial score (nSPS) is 19.0. The lowest BCUT2D eigenvalue weighted by Gasteiger charge is -2.32. The number of methoxy groups -OCH3 is 1. The fraction of sp³-hybridized carbons (Fsp3) is 0.500. The largest absolute Gasteiger partial charge is 0.492 e. The van der Waals surface area contributed by atoms with E-state index in [1.54, 1.807) is 12.1 Å². The summed E-state index contributed by atoms with van der Waals surface area (Å²) in [7, 11) is 0.719. The van der Waals surface area contributed by atoms with Crippen LogP contribution in [0, 0.1) is 0 Å². The third kappa shape index (κ3) is 4.63. The van der Waals surface area contributed by atoms with Gasteiger partial charge in [-0.1, -0.05) is 18.2 Å². The molecule has 1 fully saturated rings. The van der Waals surface area contributed by atoms with Crippen molar-refractivity contribution in [1.82, 2.24) is 0 Å². The topological polar surface area (TPSA) is 74.2 Å². The Labute approximate surface area is 148 Å². The summed E-state index contributed by atoms with van der Waals surface area (Å²) in [6.45, 7) is 7.56. The van der Waals surface area contributed by atoms with Crippen LogP contribution < -0.4 is 4.74 Å². The van der Waals surface area contributed by atoms with Gasteiger partial charge in [0.05, 0.1) is 24.9 Å². The second-order valence-corrected chi connectivity index (χ2v) is 6.90. The van der Waals surface area contributed by atoms with E-state index in [-0.39, 0.29) is 13.2 Å². The van der Waals surface area contributed by atoms with Gasteiger partial charge in [-0.2, -0.15) is 0 Å².